The Bertz CT molecular complexity index is 432. The fraction of sp³-hybridized carbons (Fsp3) is 0.533. The Morgan fingerprint density at radius 3 is 2.74 bits per heavy atom. The highest BCUT2D eigenvalue weighted by molar-refractivity contribution is 9.10. The molecule has 1 fully saturated rings. The molecule has 1 aromatic rings. The molecule has 0 saturated carbocycles. The van der Waals surface area contributed by atoms with Gasteiger partial charge in [0.2, 0.25) is 0 Å². The maximum absolute atomic E-state index is 12.1. The second-order valence-corrected chi connectivity index (χ2v) is 6.08. The van der Waals surface area contributed by atoms with Crippen LogP contribution in [0.4, 0.5) is 0 Å². The quantitative estimate of drug-likeness (QED) is 0.796. The van der Waals surface area contributed by atoms with Crippen LogP contribution in [-0.2, 0) is 4.74 Å². The zero-order valence-electron chi connectivity index (χ0n) is 11.4. The molecular weight excluding hydrogens is 306 g/mol. The molecule has 2 atom stereocenters. The Morgan fingerprint density at radius 1 is 1.37 bits per heavy atom. The van der Waals surface area contributed by atoms with E-state index in [1.807, 2.05) is 24.3 Å². The van der Waals surface area contributed by atoms with Crippen LogP contribution in [-0.4, -0.2) is 42.5 Å². The molecule has 1 heterocycles. The molecule has 2 rings (SSSR count). The minimum atomic E-state index is 0.207. The number of carbonyl (C=O) groups is 1. The van der Waals surface area contributed by atoms with Crippen LogP contribution in [0.25, 0.3) is 0 Å². The highest BCUT2D eigenvalue weighted by Crippen LogP contribution is 2.15. The van der Waals surface area contributed by atoms with Crippen LogP contribution in [0.5, 0.6) is 0 Å². The van der Waals surface area contributed by atoms with E-state index in [2.05, 4.69) is 34.7 Å². The summed E-state index contributed by atoms with van der Waals surface area (Å²) in [6, 6.07) is 7.96. The average Bonchev–Trinajstić information content (AvgIpc) is 2.40. The summed E-state index contributed by atoms with van der Waals surface area (Å²) in [5, 5.41) is 0. The highest BCUT2D eigenvalue weighted by atomic mass is 79.9. The minimum Gasteiger partial charge on any atom is -0.376 e. The molecule has 0 amide bonds. The summed E-state index contributed by atoms with van der Waals surface area (Å²) in [4.78, 5) is 14.5. The highest BCUT2D eigenvalue weighted by Gasteiger charge is 2.23. The summed E-state index contributed by atoms with van der Waals surface area (Å²) in [5.41, 5.74) is 0.789. The van der Waals surface area contributed by atoms with Crippen LogP contribution in [0.3, 0.4) is 0 Å². The predicted molar refractivity (Wildman–Crippen MR) is 79.5 cm³/mol. The van der Waals surface area contributed by atoms with Crippen LogP contribution in [0.15, 0.2) is 28.7 Å². The van der Waals surface area contributed by atoms with Gasteiger partial charge < -0.3 is 4.74 Å². The van der Waals surface area contributed by atoms with E-state index in [9.17, 15) is 4.79 Å². The van der Waals surface area contributed by atoms with E-state index in [4.69, 9.17) is 4.74 Å². The van der Waals surface area contributed by atoms with Crippen LogP contribution >= 0.6 is 15.9 Å². The fourth-order valence-corrected chi connectivity index (χ4v) is 2.57. The van der Waals surface area contributed by atoms with Crippen LogP contribution in [0.1, 0.15) is 30.6 Å². The molecule has 0 aliphatic carbocycles. The molecule has 1 aliphatic heterocycles. The Hall–Kier alpha value is -0.710. The standard InChI is InChI=1S/C15H20BrNO2/c1-11-10-19-12(2)9-17(11)8-7-15(18)13-3-5-14(16)6-4-13/h3-6,11-12H,7-10H2,1-2H3. The van der Waals surface area contributed by atoms with Gasteiger partial charge in [-0.3, -0.25) is 9.69 Å². The lowest BCUT2D eigenvalue weighted by Gasteiger charge is -2.36. The van der Waals surface area contributed by atoms with Gasteiger partial charge in [0.05, 0.1) is 12.7 Å². The molecular formula is C15H20BrNO2. The number of Topliss-reactive ketones (excluding diaryl/α,β-unsaturated/α-hetero) is 1. The van der Waals surface area contributed by atoms with Gasteiger partial charge >= 0.3 is 0 Å². The Labute approximate surface area is 123 Å². The average molecular weight is 326 g/mol. The topological polar surface area (TPSA) is 29.5 Å². The lowest BCUT2D eigenvalue weighted by Crippen LogP contribution is -2.47. The Balaban J connectivity index is 1.87. The molecule has 104 valence electrons. The summed E-state index contributed by atoms with van der Waals surface area (Å²) in [5.74, 6) is 0.207. The van der Waals surface area contributed by atoms with Crippen molar-refractivity contribution in [1.29, 1.82) is 0 Å². The number of ketones is 1. The number of halogens is 1. The number of hydrogen-bond donors (Lipinski definition) is 0. The van der Waals surface area contributed by atoms with Gasteiger partial charge in [-0.15, -0.1) is 0 Å². The smallest absolute Gasteiger partial charge is 0.164 e. The summed E-state index contributed by atoms with van der Waals surface area (Å²) in [6.07, 6.45) is 0.831. The molecule has 2 unspecified atom stereocenters. The van der Waals surface area contributed by atoms with Crippen molar-refractivity contribution in [2.24, 2.45) is 0 Å². The number of morpholine rings is 1. The molecule has 0 radical (unpaired) electrons. The molecule has 1 saturated heterocycles. The molecule has 0 bridgehead atoms. The second kappa shape index (κ2) is 6.64. The predicted octanol–water partition coefficient (Wildman–Crippen LogP) is 3.13. The van der Waals surface area contributed by atoms with Gasteiger partial charge in [0.15, 0.2) is 5.78 Å². The van der Waals surface area contributed by atoms with E-state index in [0.717, 1.165) is 29.7 Å². The minimum absolute atomic E-state index is 0.207. The zero-order chi connectivity index (χ0) is 13.8. The van der Waals surface area contributed by atoms with E-state index in [1.54, 1.807) is 0 Å². The van der Waals surface area contributed by atoms with Crippen LogP contribution in [0, 0.1) is 0 Å². The summed E-state index contributed by atoms with van der Waals surface area (Å²) >= 11 is 3.38. The molecule has 0 aromatic heterocycles. The number of carbonyl (C=O) groups excluding carboxylic acids is 1. The third kappa shape index (κ3) is 4.13. The Morgan fingerprint density at radius 2 is 2.05 bits per heavy atom. The van der Waals surface area contributed by atoms with Crippen molar-refractivity contribution in [3.05, 3.63) is 34.3 Å². The lowest BCUT2D eigenvalue weighted by molar-refractivity contribution is -0.0488. The monoisotopic (exact) mass is 325 g/mol. The van der Waals surface area contributed by atoms with Crippen molar-refractivity contribution >= 4 is 21.7 Å². The number of rotatable bonds is 4. The first-order valence-corrected chi connectivity index (χ1v) is 7.50. The summed E-state index contributed by atoms with van der Waals surface area (Å²) in [6.45, 7) is 6.71. The molecule has 0 N–H and O–H groups in total. The largest absolute Gasteiger partial charge is 0.376 e. The first-order valence-electron chi connectivity index (χ1n) is 6.70. The number of hydrogen-bond acceptors (Lipinski definition) is 3. The molecule has 1 aromatic carbocycles. The van der Waals surface area contributed by atoms with E-state index >= 15 is 0 Å². The second-order valence-electron chi connectivity index (χ2n) is 5.17. The van der Waals surface area contributed by atoms with E-state index in [-0.39, 0.29) is 11.9 Å². The molecule has 1 aliphatic rings. The third-order valence-corrected chi connectivity index (χ3v) is 4.06. The van der Waals surface area contributed by atoms with Crippen molar-refractivity contribution in [3.8, 4) is 0 Å². The molecule has 19 heavy (non-hydrogen) atoms. The normalized spacial score (nSPS) is 24.4. The van der Waals surface area contributed by atoms with Gasteiger partial charge in [-0.1, -0.05) is 28.1 Å². The van der Waals surface area contributed by atoms with Gasteiger partial charge in [0.25, 0.3) is 0 Å². The summed E-state index contributed by atoms with van der Waals surface area (Å²) in [7, 11) is 0. The van der Waals surface area contributed by atoms with Gasteiger partial charge in [0.1, 0.15) is 0 Å². The van der Waals surface area contributed by atoms with E-state index < -0.39 is 0 Å². The van der Waals surface area contributed by atoms with Gasteiger partial charge in [0, 0.05) is 35.6 Å². The van der Waals surface area contributed by atoms with E-state index in [0.29, 0.717) is 12.5 Å². The van der Waals surface area contributed by atoms with E-state index in [1.165, 1.54) is 0 Å². The lowest BCUT2D eigenvalue weighted by atomic mass is 10.1. The maximum atomic E-state index is 12.1. The van der Waals surface area contributed by atoms with Gasteiger partial charge in [-0.25, -0.2) is 0 Å². The van der Waals surface area contributed by atoms with Crippen molar-refractivity contribution in [2.45, 2.75) is 32.4 Å². The SMILES string of the molecule is CC1CN(CCC(=O)c2ccc(Br)cc2)C(C)CO1. The zero-order valence-corrected chi connectivity index (χ0v) is 13.0. The molecule has 0 spiro atoms. The van der Waals surface area contributed by atoms with Crippen LogP contribution in [0.2, 0.25) is 0 Å². The van der Waals surface area contributed by atoms with Gasteiger partial charge in [-0.2, -0.15) is 0 Å². The molecule has 4 heteroatoms. The number of nitrogens with zero attached hydrogens (tertiary/aromatic N) is 1. The first kappa shape index (κ1) is 14.7. The molecule has 3 nitrogen and oxygen atoms in total. The number of ether oxygens (including phenoxy) is 1. The Kier molecular flexibility index (Phi) is 5.13. The van der Waals surface area contributed by atoms with Gasteiger partial charge in [-0.05, 0) is 26.0 Å². The third-order valence-electron chi connectivity index (χ3n) is 3.53. The first-order chi connectivity index (χ1) is 9.06. The maximum Gasteiger partial charge on any atom is 0.164 e. The fourth-order valence-electron chi connectivity index (χ4n) is 2.31. The van der Waals surface area contributed by atoms with Crippen molar-refractivity contribution in [1.82, 2.24) is 4.90 Å². The van der Waals surface area contributed by atoms with Crippen LogP contribution < -0.4 is 0 Å². The summed E-state index contributed by atoms with van der Waals surface area (Å²) < 4.78 is 6.59. The van der Waals surface area contributed by atoms with Crippen molar-refractivity contribution in [3.63, 3.8) is 0 Å². The van der Waals surface area contributed by atoms with Crippen molar-refractivity contribution in [2.75, 3.05) is 19.7 Å². The number of benzene rings is 1. The van der Waals surface area contributed by atoms with Crippen molar-refractivity contribution < 1.29 is 9.53 Å².